The van der Waals surface area contributed by atoms with E-state index in [4.69, 9.17) is 20.5 Å². The van der Waals surface area contributed by atoms with Crippen LogP contribution in [0.25, 0.3) is 11.4 Å². The maximum absolute atomic E-state index is 12.1. The van der Waals surface area contributed by atoms with Gasteiger partial charge in [0.1, 0.15) is 12.4 Å². The Morgan fingerprint density at radius 1 is 1.44 bits per heavy atom. The molecule has 8 heteroatoms. The highest BCUT2D eigenvalue weighted by molar-refractivity contribution is 5.97. The predicted molar refractivity (Wildman–Crippen MR) is 89.7 cm³/mol. The zero-order chi connectivity index (χ0) is 18.4. The normalized spacial score (nSPS) is 11.4. The number of hydrogen-bond acceptors (Lipinski definition) is 8. The third-order valence-corrected chi connectivity index (χ3v) is 3.09. The highest BCUT2D eigenvalue weighted by Gasteiger charge is 2.23. The lowest BCUT2D eigenvalue weighted by Crippen LogP contribution is -2.18. The van der Waals surface area contributed by atoms with Crippen molar-refractivity contribution in [1.82, 2.24) is 9.97 Å². The molecule has 2 aromatic rings. The van der Waals surface area contributed by atoms with Gasteiger partial charge in [-0.25, -0.2) is 9.78 Å². The van der Waals surface area contributed by atoms with E-state index in [9.17, 15) is 9.90 Å². The first-order valence-corrected chi connectivity index (χ1v) is 7.62. The van der Waals surface area contributed by atoms with Gasteiger partial charge in [0.25, 0.3) is 0 Å². The van der Waals surface area contributed by atoms with E-state index in [1.54, 1.807) is 31.2 Å². The maximum Gasteiger partial charge on any atom is 0.347 e. The number of ether oxygens (including phenoxy) is 2. The van der Waals surface area contributed by atoms with Crippen molar-refractivity contribution in [2.75, 3.05) is 18.9 Å². The molecule has 25 heavy (non-hydrogen) atoms. The van der Waals surface area contributed by atoms with Crippen LogP contribution in [0.5, 0.6) is 5.88 Å². The number of nitrogens with zero attached hydrogens (tertiary/aromatic N) is 3. The van der Waals surface area contributed by atoms with Crippen molar-refractivity contribution in [1.29, 1.82) is 5.26 Å². The Kier molecular flexibility index (Phi) is 5.87. The molecule has 2 rings (SSSR count). The Morgan fingerprint density at radius 3 is 2.84 bits per heavy atom. The van der Waals surface area contributed by atoms with Gasteiger partial charge < -0.3 is 20.3 Å². The van der Waals surface area contributed by atoms with Crippen molar-refractivity contribution in [3.8, 4) is 23.3 Å². The first-order valence-electron chi connectivity index (χ1n) is 7.62. The van der Waals surface area contributed by atoms with E-state index < -0.39 is 12.1 Å². The number of benzene rings is 1. The van der Waals surface area contributed by atoms with Gasteiger partial charge in [0.15, 0.2) is 11.4 Å². The molecule has 8 nitrogen and oxygen atoms in total. The van der Waals surface area contributed by atoms with Crippen LogP contribution in [0.4, 0.5) is 5.82 Å². The number of aromatic nitrogens is 2. The zero-order valence-electron chi connectivity index (χ0n) is 13.9. The lowest BCUT2D eigenvalue weighted by molar-refractivity contribution is 0.0516. The third kappa shape index (κ3) is 4.43. The molecule has 3 N–H and O–H groups in total. The van der Waals surface area contributed by atoms with Crippen LogP contribution >= 0.6 is 0 Å². The summed E-state index contributed by atoms with van der Waals surface area (Å²) in [6.07, 6.45) is -0.767. The predicted octanol–water partition coefficient (Wildman–Crippen LogP) is 1.53. The van der Waals surface area contributed by atoms with Crippen molar-refractivity contribution < 1.29 is 19.4 Å². The molecule has 0 aliphatic carbocycles. The van der Waals surface area contributed by atoms with Gasteiger partial charge in [0, 0.05) is 5.56 Å². The fraction of sp³-hybridized carbons (Fsp3) is 0.294. The average Bonchev–Trinajstić information content (AvgIpc) is 2.59. The summed E-state index contributed by atoms with van der Waals surface area (Å²) in [6.45, 7) is 3.26. The SMILES string of the molecule is CCOC(=O)c1c(N)nc(-c2cccc(C#N)c2)nc1OCC(C)O. The van der Waals surface area contributed by atoms with Crippen molar-refractivity contribution >= 4 is 11.8 Å². The number of rotatable bonds is 6. The van der Waals surface area contributed by atoms with E-state index in [1.807, 2.05) is 6.07 Å². The second-order valence-electron chi connectivity index (χ2n) is 5.19. The molecule has 0 spiro atoms. The fourth-order valence-electron chi connectivity index (χ4n) is 2.01. The maximum atomic E-state index is 12.1. The van der Waals surface area contributed by atoms with Gasteiger partial charge in [-0.2, -0.15) is 10.2 Å². The van der Waals surface area contributed by atoms with Crippen molar-refractivity contribution in [3.63, 3.8) is 0 Å². The second-order valence-corrected chi connectivity index (χ2v) is 5.19. The summed E-state index contributed by atoms with van der Waals surface area (Å²) in [7, 11) is 0. The molecule has 0 bridgehead atoms. The summed E-state index contributed by atoms with van der Waals surface area (Å²) in [5.74, 6) is -0.697. The van der Waals surface area contributed by atoms with E-state index >= 15 is 0 Å². The topological polar surface area (TPSA) is 131 Å². The van der Waals surface area contributed by atoms with E-state index in [1.165, 1.54) is 6.92 Å². The van der Waals surface area contributed by atoms with E-state index in [0.29, 0.717) is 11.1 Å². The van der Waals surface area contributed by atoms with Crippen LogP contribution in [0.1, 0.15) is 29.8 Å². The summed E-state index contributed by atoms with van der Waals surface area (Å²) in [6, 6.07) is 8.66. The minimum absolute atomic E-state index is 0.0794. The Morgan fingerprint density at radius 2 is 2.20 bits per heavy atom. The summed E-state index contributed by atoms with van der Waals surface area (Å²) in [4.78, 5) is 20.5. The number of aliphatic hydroxyl groups excluding tert-OH is 1. The Hall–Kier alpha value is -3.18. The fourth-order valence-corrected chi connectivity index (χ4v) is 2.01. The quantitative estimate of drug-likeness (QED) is 0.756. The van der Waals surface area contributed by atoms with Gasteiger partial charge in [0.05, 0.1) is 24.3 Å². The van der Waals surface area contributed by atoms with E-state index in [2.05, 4.69) is 9.97 Å². The average molecular weight is 342 g/mol. The molecule has 0 saturated carbocycles. The highest BCUT2D eigenvalue weighted by atomic mass is 16.5. The van der Waals surface area contributed by atoms with Crippen LogP contribution in [-0.4, -0.2) is 40.4 Å². The molecular formula is C17H18N4O4. The smallest absolute Gasteiger partial charge is 0.347 e. The van der Waals surface area contributed by atoms with Gasteiger partial charge in [-0.15, -0.1) is 0 Å². The number of nitriles is 1. The first kappa shape index (κ1) is 18.2. The Balaban J connectivity index is 2.53. The van der Waals surface area contributed by atoms with Crippen LogP contribution in [0.3, 0.4) is 0 Å². The van der Waals surface area contributed by atoms with Gasteiger partial charge in [-0.05, 0) is 26.0 Å². The zero-order valence-corrected chi connectivity index (χ0v) is 13.9. The number of carbonyl (C=O) groups is 1. The molecule has 130 valence electrons. The molecule has 1 unspecified atom stereocenters. The van der Waals surface area contributed by atoms with Crippen LogP contribution in [-0.2, 0) is 4.74 Å². The lowest BCUT2D eigenvalue weighted by atomic mass is 10.1. The second kappa shape index (κ2) is 8.08. The molecule has 1 atom stereocenters. The number of aliphatic hydroxyl groups is 1. The summed E-state index contributed by atoms with van der Waals surface area (Å²) in [5, 5.41) is 18.4. The van der Waals surface area contributed by atoms with Gasteiger partial charge >= 0.3 is 5.97 Å². The van der Waals surface area contributed by atoms with Crippen molar-refractivity contribution in [3.05, 3.63) is 35.4 Å². The minimum atomic E-state index is -0.767. The van der Waals surface area contributed by atoms with E-state index in [0.717, 1.165) is 0 Å². The summed E-state index contributed by atoms with van der Waals surface area (Å²) >= 11 is 0. The number of nitrogens with two attached hydrogens (primary N) is 1. The van der Waals surface area contributed by atoms with Crippen LogP contribution in [0, 0.1) is 11.3 Å². The Bertz CT molecular complexity index is 815. The van der Waals surface area contributed by atoms with Crippen molar-refractivity contribution in [2.45, 2.75) is 20.0 Å². The number of carbonyl (C=O) groups excluding carboxylic acids is 1. The number of hydrogen-bond donors (Lipinski definition) is 2. The molecular weight excluding hydrogens is 324 g/mol. The summed E-state index contributed by atoms with van der Waals surface area (Å²) < 4.78 is 10.4. The third-order valence-electron chi connectivity index (χ3n) is 3.09. The highest BCUT2D eigenvalue weighted by Crippen LogP contribution is 2.27. The number of esters is 1. The molecule has 0 saturated heterocycles. The van der Waals surface area contributed by atoms with Crippen LogP contribution < -0.4 is 10.5 Å². The molecule has 0 aliphatic rings. The molecule has 1 aromatic carbocycles. The molecule has 0 radical (unpaired) electrons. The van der Waals surface area contributed by atoms with E-state index in [-0.39, 0.29) is 36.3 Å². The molecule has 1 aromatic heterocycles. The van der Waals surface area contributed by atoms with Gasteiger partial charge in [0.2, 0.25) is 5.88 Å². The largest absolute Gasteiger partial charge is 0.474 e. The standard InChI is InChI=1S/C17H18N4O4/c1-3-24-17(23)13-14(19)20-15(21-16(13)25-9-10(2)22)12-6-4-5-11(7-12)8-18/h4-7,10,22H,3,9H2,1-2H3,(H2,19,20,21). The van der Waals surface area contributed by atoms with Crippen LogP contribution in [0.15, 0.2) is 24.3 Å². The minimum Gasteiger partial charge on any atom is -0.474 e. The monoisotopic (exact) mass is 342 g/mol. The molecule has 1 heterocycles. The van der Waals surface area contributed by atoms with Crippen LogP contribution in [0.2, 0.25) is 0 Å². The van der Waals surface area contributed by atoms with Gasteiger partial charge in [-0.1, -0.05) is 12.1 Å². The lowest BCUT2D eigenvalue weighted by Gasteiger charge is -2.14. The van der Waals surface area contributed by atoms with Gasteiger partial charge in [-0.3, -0.25) is 0 Å². The molecule has 0 amide bonds. The summed E-state index contributed by atoms with van der Waals surface area (Å²) in [5.41, 5.74) is 6.79. The first-order chi connectivity index (χ1) is 12.0. The molecule has 0 fully saturated rings. The van der Waals surface area contributed by atoms with Crippen molar-refractivity contribution in [2.24, 2.45) is 0 Å². The number of nitrogen functional groups attached to an aromatic ring is 1. The Labute approximate surface area is 144 Å². The number of anilines is 1. The molecule has 0 aliphatic heterocycles.